The van der Waals surface area contributed by atoms with Gasteiger partial charge in [-0.3, -0.25) is 4.79 Å². The van der Waals surface area contributed by atoms with Gasteiger partial charge in [-0.05, 0) is 54.2 Å². The van der Waals surface area contributed by atoms with Gasteiger partial charge in [-0.25, -0.2) is 0 Å². The lowest BCUT2D eigenvalue weighted by Gasteiger charge is -2.39. The Kier molecular flexibility index (Phi) is 9.15. The van der Waals surface area contributed by atoms with Crippen LogP contribution in [0.4, 0.5) is 0 Å². The number of ether oxygens (including phenoxy) is 3. The second-order valence-corrected chi connectivity index (χ2v) is 10.9. The highest BCUT2D eigenvalue weighted by atomic mass is 16.7. The second kappa shape index (κ2) is 12.2. The SMILES string of the molecule is COc1cc(O[C@H]2O[C@H](CO)[C@@H](O)[C@H](O)[C@H]2O)c2c(O)c(C(=O)CCCC(C)C)c(C3CCCC3)cc2c1. The number of fused-ring (bicyclic) bond motifs is 1. The predicted octanol–water partition coefficient (Wildman–Crippen LogP) is 3.40. The summed E-state index contributed by atoms with van der Waals surface area (Å²) in [5, 5.41) is 52.9. The summed E-state index contributed by atoms with van der Waals surface area (Å²) in [5.41, 5.74) is 1.13. The number of ketones is 1. The summed E-state index contributed by atoms with van der Waals surface area (Å²) in [6.07, 6.45) is -1.46. The van der Waals surface area contributed by atoms with E-state index in [1.54, 1.807) is 6.07 Å². The summed E-state index contributed by atoms with van der Waals surface area (Å²) >= 11 is 0. The Labute approximate surface area is 223 Å². The Bertz CT molecular complexity index is 1120. The van der Waals surface area contributed by atoms with Crippen molar-refractivity contribution in [3.8, 4) is 17.2 Å². The average molecular weight is 533 g/mol. The molecule has 0 unspecified atom stereocenters. The van der Waals surface area contributed by atoms with Crippen LogP contribution in [0.5, 0.6) is 17.2 Å². The molecule has 1 aliphatic carbocycles. The average Bonchev–Trinajstić information content (AvgIpc) is 3.43. The zero-order valence-corrected chi connectivity index (χ0v) is 22.3. The molecule has 0 amide bonds. The van der Waals surface area contributed by atoms with Crippen LogP contribution >= 0.6 is 0 Å². The van der Waals surface area contributed by atoms with Crippen molar-refractivity contribution in [1.82, 2.24) is 0 Å². The molecule has 9 heteroatoms. The topological polar surface area (TPSA) is 146 Å². The van der Waals surface area contributed by atoms with Gasteiger partial charge in [-0.15, -0.1) is 0 Å². The summed E-state index contributed by atoms with van der Waals surface area (Å²) in [6, 6.07) is 5.18. The number of Topliss-reactive ketones (excluding diaryl/α,β-unsaturated/α-hetero) is 1. The number of rotatable bonds is 10. The molecule has 1 aliphatic heterocycles. The number of carbonyl (C=O) groups is 1. The molecule has 4 rings (SSSR count). The molecule has 0 aromatic heterocycles. The minimum Gasteiger partial charge on any atom is -0.506 e. The fourth-order valence-corrected chi connectivity index (χ4v) is 5.63. The summed E-state index contributed by atoms with van der Waals surface area (Å²) < 4.78 is 17.0. The highest BCUT2D eigenvalue weighted by Crippen LogP contribution is 2.46. The minimum absolute atomic E-state index is 0.0791. The van der Waals surface area contributed by atoms with Gasteiger partial charge in [0, 0.05) is 12.5 Å². The van der Waals surface area contributed by atoms with Crippen molar-refractivity contribution in [3.05, 3.63) is 29.3 Å². The lowest BCUT2D eigenvalue weighted by Crippen LogP contribution is -2.60. The Morgan fingerprint density at radius 3 is 2.42 bits per heavy atom. The molecule has 2 aromatic rings. The molecule has 0 spiro atoms. The van der Waals surface area contributed by atoms with Gasteiger partial charge in [0.2, 0.25) is 6.29 Å². The third-order valence-corrected chi connectivity index (χ3v) is 7.77. The smallest absolute Gasteiger partial charge is 0.229 e. The first-order valence-corrected chi connectivity index (χ1v) is 13.5. The number of hydrogen-bond donors (Lipinski definition) is 5. The van der Waals surface area contributed by atoms with Gasteiger partial charge in [0.05, 0.1) is 24.7 Å². The van der Waals surface area contributed by atoms with E-state index < -0.39 is 37.3 Å². The largest absolute Gasteiger partial charge is 0.506 e. The van der Waals surface area contributed by atoms with E-state index in [4.69, 9.17) is 14.2 Å². The summed E-state index contributed by atoms with van der Waals surface area (Å²) in [6.45, 7) is 3.62. The zero-order valence-electron chi connectivity index (χ0n) is 22.3. The van der Waals surface area contributed by atoms with Crippen LogP contribution in [0.15, 0.2) is 18.2 Å². The first-order chi connectivity index (χ1) is 18.2. The molecule has 9 nitrogen and oxygen atoms in total. The van der Waals surface area contributed by atoms with Gasteiger partial charge in [0.1, 0.15) is 41.7 Å². The molecular formula is C29H40O9. The molecule has 2 fully saturated rings. The van der Waals surface area contributed by atoms with E-state index in [0.29, 0.717) is 29.0 Å². The number of carbonyl (C=O) groups excluding carboxylic acids is 1. The molecule has 210 valence electrons. The van der Waals surface area contributed by atoms with Crippen LogP contribution in [0.2, 0.25) is 0 Å². The third kappa shape index (κ3) is 5.77. The molecule has 5 N–H and O–H groups in total. The van der Waals surface area contributed by atoms with Gasteiger partial charge in [0.15, 0.2) is 5.78 Å². The number of phenolic OH excluding ortho intramolecular Hbond substituents is 1. The molecule has 0 bridgehead atoms. The van der Waals surface area contributed by atoms with E-state index in [1.165, 1.54) is 13.2 Å². The van der Waals surface area contributed by atoms with Crippen LogP contribution in [0.1, 0.15) is 80.6 Å². The van der Waals surface area contributed by atoms with Crippen molar-refractivity contribution in [3.63, 3.8) is 0 Å². The third-order valence-electron chi connectivity index (χ3n) is 7.77. The molecule has 1 saturated carbocycles. The minimum atomic E-state index is -1.63. The molecule has 5 atom stereocenters. The number of benzene rings is 2. The van der Waals surface area contributed by atoms with Gasteiger partial charge in [0.25, 0.3) is 0 Å². The summed E-state index contributed by atoms with van der Waals surface area (Å²) in [7, 11) is 1.49. The molecule has 1 saturated heterocycles. The number of aliphatic hydroxyl groups is 4. The zero-order chi connectivity index (χ0) is 27.6. The lowest BCUT2D eigenvalue weighted by atomic mass is 9.86. The molecule has 2 aromatic carbocycles. The number of aromatic hydroxyl groups is 1. The second-order valence-electron chi connectivity index (χ2n) is 10.9. The van der Waals surface area contributed by atoms with E-state index in [1.807, 2.05) is 6.07 Å². The molecule has 1 heterocycles. The van der Waals surface area contributed by atoms with Crippen molar-refractivity contribution in [1.29, 1.82) is 0 Å². The van der Waals surface area contributed by atoms with Crippen LogP contribution in [-0.4, -0.2) is 75.7 Å². The molecular weight excluding hydrogens is 492 g/mol. The van der Waals surface area contributed by atoms with Crippen LogP contribution < -0.4 is 9.47 Å². The van der Waals surface area contributed by atoms with Crippen LogP contribution in [-0.2, 0) is 4.74 Å². The highest BCUT2D eigenvalue weighted by Gasteiger charge is 2.45. The van der Waals surface area contributed by atoms with Crippen molar-refractivity contribution in [2.24, 2.45) is 5.92 Å². The van der Waals surface area contributed by atoms with Gasteiger partial charge in [-0.2, -0.15) is 0 Å². The van der Waals surface area contributed by atoms with Crippen molar-refractivity contribution < 1.29 is 44.5 Å². The molecule has 2 aliphatic rings. The maximum Gasteiger partial charge on any atom is 0.229 e. The van der Waals surface area contributed by atoms with Crippen LogP contribution in [0, 0.1) is 5.92 Å². The molecule has 38 heavy (non-hydrogen) atoms. The van der Waals surface area contributed by atoms with Crippen molar-refractivity contribution in [2.75, 3.05) is 13.7 Å². The van der Waals surface area contributed by atoms with Crippen LogP contribution in [0.25, 0.3) is 10.8 Å². The first kappa shape index (κ1) is 28.6. The monoisotopic (exact) mass is 532 g/mol. The van der Waals surface area contributed by atoms with E-state index in [0.717, 1.165) is 44.1 Å². The van der Waals surface area contributed by atoms with Gasteiger partial charge < -0.3 is 39.7 Å². The maximum atomic E-state index is 13.5. The van der Waals surface area contributed by atoms with E-state index in [2.05, 4.69) is 13.8 Å². The number of phenols is 1. The normalized spacial score (nSPS) is 26.3. The maximum absolute atomic E-state index is 13.5. The Balaban J connectivity index is 1.81. The standard InChI is InChI=1S/C29H40O9/c1-15(2)7-6-10-20(31)24-19(16-8-4-5-9-16)12-17-11-18(36-3)13-21(23(17)26(24)33)37-29-28(35)27(34)25(32)22(14-30)38-29/h11-13,15-16,22,25,27-30,32-35H,4-10,14H2,1-3H3/t22-,25-,27+,28-,29+/m1/s1. The number of hydrogen-bond acceptors (Lipinski definition) is 9. The van der Waals surface area contributed by atoms with E-state index in [-0.39, 0.29) is 28.6 Å². The van der Waals surface area contributed by atoms with Crippen LogP contribution in [0.3, 0.4) is 0 Å². The molecule has 0 radical (unpaired) electrons. The first-order valence-electron chi connectivity index (χ1n) is 13.5. The lowest BCUT2D eigenvalue weighted by molar-refractivity contribution is -0.277. The Morgan fingerprint density at radius 2 is 1.79 bits per heavy atom. The van der Waals surface area contributed by atoms with Crippen molar-refractivity contribution in [2.45, 2.75) is 95.4 Å². The summed E-state index contributed by atoms with van der Waals surface area (Å²) in [5.74, 6) is 0.812. The Hall–Kier alpha value is -2.43. The predicted molar refractivity (Wildman–Crippen MR) is 141 cm³/mol. The van der Waals surface area contributed by atoms with Crippen molar-refractivity contribution >= 4 is 16.6 Å². The van der Waals surface area contributed by atoms with E-state index >= 15 is 0 Å². The Morgan fingerprint density at radius 1 is 1.08 bits per heavy atom. The quantitative estimate of drug-likeness (QED) is 0.291. The van der Waals surface area contributed by atoms with Gasteiger partial charge >= 0.3 is 0 Å². The number of methoxy groups -OCH3 is 1. The number of aliphatic hydroxyl groups excluding tert-OH is 4. The fraction of sp³-hybridized carbons (Fsp3) is 0.621. The van der Waals surface area contributed by atoms with E-state index in [9.17, 15) is 30.3 Å². The van der Waals surface area contributed by atoms with Gasteiger partial charge in [-0.1, -0.05) is 33.1 Å². The summed E-state index contributed by atoms with van der Waals surface area (Å²) in [4.78, 5) is 13.5. The fourth-order valence-electron chi connectivity index (χ4n) is 5.63. The highest BCUT2D eigenvalue weighted by molar-refractivity contribution is 6.08.